The van der Waals surface area contributed by atoms with Gasteiger partial charge in [0.25, 0.3) is 0 Å². The molecule has 92 valence electrons. The molecule has 0 spiro atoms. The van der Waals surface area contributed by atoms with Crippen LogP contribution in [0, 0.1) is 0 Å². The van der Waals surface area contributed by atoms with E-state index in [1.54, 1.807) is 0 Å². The molecule has 15 heavy (non-hydrogen) atoms. The summed E-state index contributed by atoms with van der Waals surface area (Å²) >= 11 is 1.97. The summed E-state index contributed by atoms with van der Waals surface area (Å²) in [7, 11) is 0. The van der Waals surface area contributed by atoms with E-state index in [0.717, 1.165) is 6.04 Å². The minimum absolute atomic E-state index is 0.751. The van der Waals surface area contributed by atoms with Gasteiger partial charge >= 0.3 is 0 Å². The van der Waals surface area contributed by atoms with Crippen molar-refractivity contribution in [2.24, 2.45) is 0 Å². The predicted octanol–water partition coefficient (Wildman–Crippen LogP) is 4.08. The van der Waals surface area contributed by atoms with Crippen molar-refractivity contribution in [1.82, 2.24) is 5.32 Å². The molecule has 0 aliphatic heterocycles. The first-order chi connectivity index (χ1) is 7.35. The van der Waals surface area contributed by atoms with Gasteiger partial charge in [-0.1, -0.05) is 46.0 Å². The van der Waals surface area contributed by atoms with E-state index in [-0.39, 0.29) is 0 Å². The fourth-order valence-electron chi connectivity index (χ4n) is 1.79. The summed E-state index contributed by atoms with van der Waals surface area (Å²) < 4.78 is 0. The highest BCUT2D eigenvalue weighted by Crippen LogP contribution is 2.10. The average molecular weight is 231 g/mol. The molecule has 0 radical (unpaired) electrons. The maximum Gasteiger partial charge on any atom is 0.0158 e. The highest BCUT2D eigenvalue weighted by molar-refractivity contribution is 7.98. The summed E-state index contributed by atoms with van der Waals surface area (Å²) in [5, 5.41) is 3.64. The van der Waals surface area contributed by atoms with Crippen LogP contribution < -0.4 is 5.32 Å². The van der Waals surface area contributed by atoms with E-state index < -0.39 is 0 Å². The third-order valence-electron chi connectivity index (χ3n) is 2.71. The maximum atomic E-state index is 3.64. The highest BCUT2D eigenvalue weighted by atomic mass is 32.2. The van der Waals surface area contributed by atoms with Crippen molar-refractivity contribution in [2.45, 2.75) is 64.8 Å². The fourth-order valence-corrected chi connectivity index (χ4v) is 2.48. The Hall–Kier alpha value is 0.310. The van der Waals surface area contributed by atoms with Crippen LogP contribution in [-0.4, -0.2) is 24.6 Å². The Bertz CT molecular complexity index is 117. The number of nitrogens with one attached hydrogen (secondary N) is 1. The van der Waals surface area contributed by atoms with Crippen LogP contribution in [0.3, 0.4) is 0 Å². The zero-order valence-corrected chi connectivity index (χ0v) is 11.7. The second-order valence-corrected chi connectivity index (χ2v) is 5.22. The van der Waals surface area contributed by atoms with Crippen molar-refractivity contribution in [3.63, 3.8) is 0 Å². The lowest BCUT2D eigenvalue weighted by atomic mass is 10.1. The third kappa shape index (κ3) is 10.6. The molecule has 0 aromatic carbocycles. The van der Waals surface area contributed by atoms with Gasteiger partial charge in [0.1, 0.15) is 0 Å². The third-order valence-corrected chi connectivity index (χ3v) is 3.44. The van der Waals surface area contributed by atoms with Gasteiger partial charge in [-0.25, -0.2) is 0 Å². The summed E-state index contributed by atoms with van der Waals surface area (Å²) in [5.74, 6) is 1.27. The van der Waals surface area contributed by atoms with Gasteiger partial charge < -0.3 is 5.32 Å². The number of thioether (sulfide) groups is 1. The van der Waals surface area contributed by atoms with Gasteiger partial charge in [0.2, 0.25) is 0 Å². The molecule has 0 heterocycles. The van der Waals surface area contributed by atoms with Gasteiger partial charge in [0.15, 0.2) is 0 Å². The molecule has 0 saturated heterocycles. The van der Waals surface area contributed by atoms with Crippen molar-refractivity contribution in [2.75, 3.05) is 18.6 Å². The molecule has 2 heteroatoms. The summed E-state index contributed by atoms with van der Waals surface area (Å²) in [5.41, 5.74) is 0. The molecule has 0 aliphatic rings. The minimum Gasteiger partial charge on any atom is -0.313 e. The molecule has 1 atom stereocenters. The maximum absolute atomic E-state index is 3.64. The summed E-state index contributed by atoms with van der Waals surface area (Å²) in [6.45, 7) is 5.70. The molecule has 0 fully saturated rings. The van der Waals surface area contributed by atoms with E-state index >= 15 is 0 Å². The fraction of sp³-hybridized carbons (Fsp3) is 1.00. The highest BCUT2D eigenvalue weighted by Gasteiger charge is 2.05. The molecule has 0 bridgehead atoms. The van der Waals surface area contributed by atoms with E-state index in [4.69, 9.17) is 0 Å². The van der Waals surface area contributed by atoms with Crippen LogP contribution in [-0.2, 0) is 0 Å². The Morgan fingerprint density at radius 2 is 1.73 bits per heavy atom. The smallest absolute Gasteiger partial charge is 0.0158 e. The number of hydrogen-bond acceptors (Lipinski definition) is 2. The summed E-state index contributed by atoms with van der Waals surface area (Å²) in [6.07, 6.45) is 11.8. The van der Waals surface area contributed by atoms with E-state index in [1.165, 1.54) is 57.2 Å². The summed E-state index contributed by atoms with van der Waals surface area (Å²) in [4.78, 5) is 0. The van der Waals surface area contributed by atoms with Crippen molar-refractivity contribution in [1.29, 1.82) is 0 Å². The van der Waals surface area contributed by atoms with Crippen LogP contribution in [0.2, 0.25) is 0 Å². The Morgan fingerprint density at radius 3 is 2.33 bits per heavy atom. The van der Waals surface area contributed by atoms with Gasteiger partial charge in [-0.05, 0) is 25.6 Å². The number of unbranched alkanes of at least 4 members (excludes halogenated alkanes) is 4. The van der Waals surface area contributed by atoms with Crippen molar-refractivity contribution >= 4 is 11.8 Å². The van der Waals surface area contributed by atoms with Crippen molar-refractivity contribution in [3.05, 3.63) is 0 Å². The second kappa shape index (κ2) is 12.4. The summed E-state index contributed by atoms with van der Waals surface area (Å²) in [6, 6.07) is 0.751. The molecule has 0 rings (SSSR count). The van der Waals surface area contributed by atoms with Gasteiger partial charge in [0, 0.05) is 11.8 Å². The number of hydrogen-bond donors (Lipinski definition) is 1. The molecule has 0 aromatic heterocycles. The normalized spacial score (nSPS) is 13.0. The van der Waals surface area contributed by atoms with Crippen LogP contribution >= 0.6 is 11.8 Å². The average Bonchev–Trinajstić information content (AvgIpc) is 2.25. The Kier molecular flexibility index (Phi) is 12.6. The number of rotatable bonds is 11. The Balaban J connectivity index is 3.38. The first-order valence-corrected chi connectivity index (χ1v) is 7.96. The monoisotopic (exact) mass is 231 g/mol. The largest absolute Gasteiger partial charge is 0.313 e. The van der Waals surface area contributed by atoms with Gasteiger partial charge in [-0.2, -0.15) is 11.8 Å². The molecule has 1 unspecified atom stereocenters. The lowest BCUT2D eigenvalue weighted by molar-refractivity contribution is 0.486. The lowest BCUT2D eigenvalue weighted by Crippen LogP contribution is -2.31. The molecule has 0 aromatic rings. The van der Waals surface area contributed by atoms with E-state index in [2.05, 4.69) is 25.4 Å². The SMILES string of the molecule is CCCCCCCC(CSC)NCCC. The topological polar surface area (TPSA) is 12.0 Å². The second-order valence-electron chi connectivity index (χ2n) is 4.31. The quantitative estimate of drug-likeness (QED) is 0.538. The molecular weight excluding hydrogens is 202 g/mol. The van der Waals surface area contributed by atoms with Crippen LogP contribution in [0.4, 0.5) is 0 Å². The zero-order chi connectivity index (χ0) is 11.4. The van der Waals surface area contributed by atoms with E-state index in [0.29, 0.717) is 0 Å². The molecular formula is C13H29NS. The Morgan fingerprint density at radius 1 is 1.00 bits per heavy atom. The van der Waals surface area contributed by atoms with Gasteiger partial charge in [-0.15, -0.1) is 0 Å². The van der Waals surface area contributed by atoms with Crippen LogP contribution in [0.5, 0.6) is 0 Å². The molecule has 1 N–H and O–H groups in total. The first kappa shape index (κ1) is 15.3. The minimum atomic E-state index is 0.751. The zero-order valence-electron chi connectivity index (χ0n) is 10.8. The molecule has 1 nitrogen and oxygen atoms in total. The Labute approximate surface area is 101 Å². The predicted molar refractivity (Wildman–Crippen MR) is 73.8 cm³/mol. The van der Waals surface area contributed by atoms with Crippen LogP contribution in [0.15, 0.2) is 0 Å². The van der Waals surface area contributed by atoms with Gasteiger partial charge in [0.05, 0.1) is 0 Å². The first-order valence-electron chi connectivity index (χ1n) is 6.57. The van der Waals surface area contributed by atoms with Crippen molar-refractivity contribution < 1.29 is 0 Å². The molecule has 0 saturated carbocycles. The molecule has 0 aliphatic carbocycles. The van der Waals surface area contributed by atoms with Crippen molar-refractivity contribution in [3.8, 4) is 0 Å². The van der Waals surface area contributed by atoms with Gasteiger partial charge in [-0.3, -0.25) is 0 Å². The lowest BCUT2D eigenvalue weighted by Gasteiger charge is -2.17. The molecule has 0 amide bonds. The van der Waals surface area contributed by atoms with E-state index in [9.17, 15) is 0 Å². The standard InChI is InChI=1S/C13H29NS/c1-4-6-7-8-9-10-13(12-15-3)14-11-5-2/h13-14H,4-12H2,1-3H3. The van der Waals surface area contributed by atoms with Crippen LogP contribution in [0.25, 0.3) is 0 Å². The van der Waals surface area contributed by atoms with E-state index in [1.807, 2.05) is 11.8 Å². The van der Waals surface area contributed by atoms with Crippen LogP contribution in [0.1, 0.15) is 58.8 Å².